The number of hydrogen-bond donors (Lipinski definition) is 2. The zero-order valence-corrected chi connectivity index (χ0v) is 8.16. The Balaban J connectivity index is 2.33. The van der Waals surface area contributed by atoms with Gasteiger partial charge in [-0.1, -0.05) is 12.1 Å². The van der Waals surface area contributed by atoms with Crippen LogP contribution in [0.15, 0.2) is 24.4 Å². The third-order valence-electron chi connectivity index (χ3n) is 2.99. The average Bonchev–Trinajstić information content (AvgIpc) is 2.96. The lowest BCUT2D eigenvalue weighted by Gasteiger charge is -2.01. The molecule has 0 unspecified atom stereocenters. The van der Waals surface area contributed by atoms with Gasteiger partial charge in [0.2, 0.25) is 0 Å². The van der Waals surface area contributed by atoms with E-state index < -0.39 is 5.97 Å². The van der Waals surface area contributed by atoms with Crippen LogP contribution in [0.5, 0.6) is 0 Å². The van der Waals surface area contributed by atoms with Gasteiger partial charge in [-0.3, -0.25) is 0 Å². The summed E-state index contributed by atoms with van der Waals surface area (Å²) >= 11 is 0. The molecule has 2 aromatic rings. The molecule has 3 heteroatoms. The van der Waals surface area contributed by atoms with E-state index in [1.807, 2.05) is 18.2 Å². The standard InChI is InChI=1S/C12H11NO2/c14-12(15)9-6-13-10-3-1-2-8(11(9)10)7-4-5-7/h1-3,6-7,13H,4-5H2,(H,14,15). The summed E-state index contributed by atoms with van der Waals surface area (Å²) in [5.41, 5.74) is 2.51. The van der Waals surface area contributed by atoms with E-state index >= 15 is 0 Å². The third kappa shape index (κ3) is 1.23. The summed E-state index contributed by atoms with van der Waals surface area (Å²) in [5, 5.41) is 9.97. The molecule has 0 amide bonds. The van der Waals surface area contributed by atoms with E-state index in [1.54, 1.807) is 6.20 Å². The van der Waals surface area contributed by atoms with Crippen LogP contribution in [0.25, 0.3) is 10.9 Å². The Morgan fingerprint density at radius 1 is 1.40 bits per heavy atom. The molecule has 0 atom stereocenters. The zero-order chi connectivity index (χ0) is 10.4. The van der Waals surface area contributed by atoms with E-state index in [0.29, 0.717) is 11.5 Å². The fourth-order valence-electron chi connectivity index (χ4n) is 2.12. The first-order valence-corrected chi connectivity index (χ1v) is 5.10. The number of rotatable bonds is 2. The smallest absolute Gasteiger partial charge is 0.337 e. The number of fused-ring (bicyclic) bond motifs is 1. The highest BCUT2D eigenvalue weighted by Gasteiger charge is 2.27. The van der Waals surface area contributed by atoms with Crippen LogP contribution in [0.3, 0.4) is 0 Å². The van der Waals surface area contributed by atoms with Gasteiger partial charge in [-0.15, -0.1) is 0 Å². The minimum absolute atomic E-state index is 0.396. The van der Waals surface area contributed by atoms with Gasteiger partial charge >= 0.3 is 5.97 Å². The molecule has 1 heterocycles. The van der Waals surface area contributed by atoms with E-state index in [-0.39, 0.29) is 0 Å². The molecule has 15 heavy (non-hydrogen) atoms. The topological polar surface area (TPSA) is 53.1 Å². The van der Waals surface area contributed by atoms with E-state index in [9.17, 15) is 4.79 Å². The molecule has 1 fully saturated rings. The van der Waals surface area contributed by atoms with Gasteiger partial charge in [0.25, 0.3) is 0 Å². The average molecular weight is 201 g/mol. The van der Waals surface area contributed by atoms with E-state index in [4.69, 9.17) is 5.11 Å². The van der Waals surface area contributed by atoms with Crippen molar-refractivity contribution in [3.05, 3.63) is 35.5 Å². The summed E-state index contributed by atoms with van der Waals surface area (Å²) in [7, 11) is 0. The van der Waals surface area contributed by atoms with Gasteiger partial charge in [-0.05, 0) is 30.4 Å². The third-order valence-corrected chi connectivity index (χ3v) is 2.99. The molecule has 0 spiro atoms. The quantitative estimate of drug-likeness (QED) is 0.784. The molecule has 0 bridgehead atoms. The van der Waals surface area contributed by atoms with Crippen molar-refractivity contribution in [3.63, 3.8) is 0 Å². The Kier molecular flexibility index (Phi) is 1.63. The molecule has 1 aromatic heterocycles. The first-order chi connectivity index (χ1) is 7.27. The first kappa shape index (κ1) is 8.53. The fraction of sp³-hybridized carbons (Fsp3) is 0.250. The summed E-state index contributed by atoms with van der Waals surface area (Å²) in [6.07, 6.45) is 3.95. The minimum Gasteiger partial charge on any atom is -0.478 e. The molecule has 0 aliphatic heterocycles. The number of hydrogen-bond acceptors (Lipinski definition) is 1. The van der Waals surface area contributed by atoms with Gasteiger partial charge < -0.3 is 10.1 Å². The van der Waals surface area contributed by atoms with E-state index in [1.165, 1.54) is 18.4 Å². The number of H-pyrrole nitrogens is 1. The monoisotopic (exact) mass is 201 g/mol. The lowest BCUT2D eigenvalue weighted by molar-refractivity contribution is 0.0699. The maximum Gasteiger partial charge on any atom is 0.337 e. The normalized spacial score (nSPS) is 15.7. The summed E-state index contributed by atoms with van der Waals surface area (Å²) < 4.78 is 0. The van der Waals surface area contributed by atoms with Crippen LogP contribution in [-0.4, -0.2) is 16.1 Å². The number of nitrogens with one attached hydrogen (secondary N) is 1. The Bertz CT molecular complexity index is 538. The van der Waals surface area contributed by atoms with Crippen molar-refractivity contribution in [1.82, 2.24) is 4.98 Å². The second-order valence-electron chi connectivity index (χ2n) is 4.05. The van der Waals surface area contributed by atoms with Gasteiger partial charge in [0.05, 0.1) is 5.56 Å². The van der Waals surface area contributed by atoms with Gasteiger partial charge in [0, 0.05) is 17.1 Å². The van der Waals surface area contributed by atoms with Crippen molar-refractivity contribution in [3.8, 4) is 0 Å². The molecule has 1 aliphatic carbocycles. The Morgan fingerprint density at radius 3 is 2.87 bits per heavy atom. The molecule has 1 aromatic carbocycles. The number of carboxylic acids is 1. The van der Waals surface area contributed by atoms with E-state index in [0.717, 1.165) is 10.9 Å². The van der Waals surface area contributed by atoms with Crippen LogP contribution < -0.4 is 0 Å². The summed E-state index contributed by atoms with van der Waals surface area (Å²) in [5.74, 6) is -0.281. The van der Waals surface area contributed by atoms with Crippen molar-refractivity contribution < 1.29 is 9.90 Å². The van der Waals surface area contributed by atoms with Crippen molar-refractivity contribution in [2.75, 3.05) is 0 Å². The second kappa shape index (κ2) is 2.86. The van der Waals surface area contributed by atoms with Crippen molar-refractivity contribution in [2.24, 2.45) is 0 Å². The Morgan fingerprint density at radius 2 is 2.20 bits per heavy atom. The Hall–Kier alpha value is -1.77. The number of carbonyl (C=O) groups is 1. The molecular weight excluding hydrogens is 190 g/mol. The molecule has 76 valence electrons. The van der Waals surface area contributed by atoms with Crippen LogP contribution in [-0.2, 0) is 0 Å². The van der Waals surface area contributed by atoms with Gasteiger partial charge in [-0.2, -0.15) is 0 Å². The molecular formula is C12H11NO2. The van der Waals surface area contributed by atoms with Crippen LogP contribution in [0.1, 0.15) is 34.7 Å². The first-order valence-electron chi connectivity index (χ1n) is 5.10. The molecule has 2 N–H and O–H groups in total. The predicted octanol–water partition coefficient (Wildman–Crippen LogP) is 2.74. The Labute approximate surface area is 86.7 Å². The number of aromatic carboxylic acids is 1. The van der Waals surface area contributed by atoms with Gasteiger partial charge in [0.1, 0.15) is 0 Å². The molecule has 1 aliphatic rings. The van der Waals surface area contributed by atoms with Crippen LogP contribution in [0.4, 0.5) is 0 Å². The molecule has 0 saturated heterocycles. The molecule has 3 nitrogen and oxygen atoms in total. The minimum atomic E-state index is -0.852. The van der Waals surface area contributed by atoms with Crippen molar-refractivity contribution in [1.29, 1.82) is 0 Å². The predicted molar refractivity (Wildman–Crippen MR) is 57.2 cm³/mol. The zero-order valence-electron chi connectivity index (χ0n) is 8.16. The second-order valence-corrected chi connectivity index (χ2v) is 4.05. The van der Waals surface area contributed by atoms with Crippen LogP contribution in [0, 0.1) is 0 Å². The molecule has 1 saturated carbocycles. The van der Waals surface area contributed by atoms with Crippen molar-refractivity contribution >= 4 is 16.9 Å². The maximum atomic E-state index is 11.1. The summed E-state index contributed by atoms with van der Waals surface area (Å²) in [6.45, 7) is 0. The van der Waals surface area contributed by atoms with Crippen molar-refractivity contribution in [2.45, 2.75) is 18.8 Å². The summed E-state index contributed by atoms with van der Waals surface area (Å²) in [6, 6.07) is 5.95. The summed E-state index contributed by atoms with van der Waals surface area (Å²) in [4.78, 5) is 14.1. The number of aromatic amines is 1. The number of aromatic nitrogens is 1. The largest absolute Gasteiger partial charge is 0.478 e. The number of benzene rings is 1. The highest BCUT2D eigenvalue weighted by Crippen LogP contribution is 2.43. The molecule has 0 radical (unpaired) electrons. The van der Waals surface area contributed by atoms with Gasteiger partial charge in [0.15, 0.2) is 0 Å². The number of carboxylic acid groups (broad SMARTS) is 1. The lowest BCUT2D eigenvalue weighted by atomic mass is 10.0. The lowest BCUT2D eigenvalue weighted by Crippen LogP contribution is -1.95. The molecule has 3 rings (SSSR count). The highest BCUT2D eigenvalue weighted by atomic mass is 16.4. The fourth-order valence-corrected chi connectivity index (χ4v) is 2.12. The van der Waals surface area contributed by atoms with Gasteiger partial charge in [-0.25, -0.2) is 4.79 Å². The van der Waals surface area contributed by atoms with Crippen LogP contribution in [0.2, 0.25) is 0 Å². The van der Waals surface area contributed by atoms with Crippen LogP contribution >= 0.6 is 0 Å². The SMILES string of the molecule is O=C(O)c1c[nH]c2cccc(C3CC3)c12. The maximum absolute atomic E-state index is 11.1. The van der Waals surface area contributed by atoms with E-state index in [2.05, 4.69) is 4.98 Å². The highest BCUT2D eigenvalue weighted by molar-refractivity contribution is 6.04.